The fraction of sp³-hybridized carbons (Fsp3) is 0.357. The molecule has 1 N–H and O–H groups in total. The van der Waals surface area contributed by atoms with Crippen LogP contribution in [0.2, 0.25) is 0 Å². The highest BCUT2D eigenvalue weighted by Gasteiger charge is 2.08. The molecule has 0 fully saturated rings. The van der Waals surface area contributed by atoms with Crippen molar-refractivity contribution in [2.75, 3.05) is 19.5 Å². The van der Waals surface area contributed by atoms with Crippen molar-refractivity contribution >= 4 is 11.8 Å². The highest BCUT2D eigenvalue weighted by molar-refractivity contribution is 7.99. The Labute approximate surface area is 122 Å². The van der Waals surface area contributed by atoms with E-state index in [-0.39, 0.29) is 6.61 Å². The summed E-state index contributed by atoms with van der Waals surface area (Å²) in [4.78, 5) is 4.19. The molecule has 0 saturated carbocycles. The van der Waals surface area contributed by atoms with Gasteiger partial charge in [0.1, 0.15) is 18.1 Å². The summed E-state index contributed by atoms with van der Waals surface area (Å²) in [6, 6.07) is 7.28. The Balaban J connectivity index is 1.74. The third kappa shape index (κ3) is 4.18. The maximum atomic E-state index is 9.89. The zero-order valence-corrected chi connectivity index (χ0v) is 12.3. The normalized spacial score (nSPS) is 12.2. The van der Waals surface area contributed by atoms with Crippen LogP contribution in [-0.2, 0) is 7.05 Å². The molecule has 6 heteroatoms. The van der Waals surface area contributed by atoms with E-state index in [9.17, 15) is 5.11 Å². The monoisotopic (exact) mass is 294 g/mol. The summed E-state index contributed by atoms with van der Waals surface area (Å²) in [5.74, 6) is 2.04. The standard InChI is InChI=1S/C14H18N2O3S/c1-16-8-7-15-14(16)20-10-11(17)9-19-13-5-3-12(18-2)4-6-13/h3-8,11,17H,9-10H2,1-2H3. The molecule has 0 amide bonds. The Morgan fingerprint density at radius 1 is 1.30 bits per heavy atom. The number of aromatic nitrogens is 2. The Kier molecular flexibility index (Phi) is 5.31. The van der Waals surface area contributed by atoms with Crippen molar-refractivity contribution < 1.29 is 14.6 Å². The van der Waals surface area contributed by atoms with Crippen LogP contribution in [0.5, 0.6) is 11.5 Å². The van der Waals surface area contributed by atoms with E-state index in [1.807, 2.05) is 42.1 Å². The predicted octanol–water partition coefficient (Wildman–Crippen LogP) is 1.96. The van der Waals surface area contributed by atoms with Crippen molar-refractivity contribution in [2.45, 2.75) is 11.3 Å². The number of imidazole rings is 1. The highest BCUT2D eigenvalue weighted by atomic mass is 32.2. The molecule has 5 nitrogen and oxygen atoms in total. The van der Waals surface area contributed by atoms with Gasteiger partial charge < -0.3 is 19.1 Å². The first-order valence-corrected chi connectivity index (χ1v) is 7.22. The lowest BCUT2D eigenvalue weighted by molar-refractivity contribution is 0.126. The molecule has 0 saturated heterocycles. The minimum Gasteiger partial charge on any atom is -0.497 e. The summed E-state index contributed by atoms with van der Waals surface area (Å²) >= 11 is 1.50. The second-order valence-corrected chi connectivity index (χ2v) is 5.26. The van der Waals surface area contributed by atoms with Crippen LogP contribution in [-0.4, -0.2) is 40.2 Å². The number of nitrogens with zero attached hydrogens (tertiary/aromatic N) is 2. The number of ether oxygens (including phenoxy) is 2. The fourth-order valence-corrected chi connectivity index (χ4v) is 2.41. The first kappa shape index (κ1) is 14.7. The van der Waals surface area contributed by atoms with Gasteiger partial charge in [-0.25, -0.2) is 4.98 Å². The van der Waals surface area contributed by atoms with Crippen molar-refractivity contribution in [1.82, 2.24) is 9.55 Å². The third-order valence-corrected chi connectivity index (χ3v) is 3.89. The molecule has 1 aromatic carbocycles. The second kappa shape index (κ2) is 7.21. The lowest BCUT2D eigenvalue weighted by Gasteiger charge is -2.12. The van der Waals surface area contributed by atoms with E-state index >= 15 is 0 Å². The van der Waals surface area contributed by atoms with Crippen LogP contribution in [0.3, 0.4) is 0 Å². The molecule has 2 rings (SSSR count). The smallest absolute Gasteiger partial charge is 0.167 e. The lowest BCUT2D eigenvalue weighted by Crippen LogP contribution is -2.20. The average Bonchev–Trinajstić information content (AvgIpc) is 2.89. The molecule has 0 aliphatic heterocycles. The van der Waals surface area contributed by atoms with Gasteiger partial charge in [-0.15, -0.1) is 0 Å². The number of rotatable bonds is 7. The van der Waals surface area contributed by atoms with Crippen molar-refractivity contribution in [3.05, 3.63) is 36.7 Å². The summed E-state index contributed by atoms with van der Waals surface area (Å²) in [7, 11) is 3.55. The zero-order chi connectivity index (χ0) is 14.4. The summed E-state index contributed by atoms with van der Waals surface area (Å²) < 4.78 is 12.5. The predicted molar refractivity (Wildman–Crippen MR) is 78.4 cm³/mol. The van der Waals surface area contributed by atoms with Crippen molar-refractivity contribution in [1.29, 1.82) is 0 Å². The van der Waals surface area contributed by atoms with Gasteiger partial charge in [0, 0.05) is 25.2 Å². The number of hydrogen-bond donors (Lipinski definition) is 1. The minimum atomic E-state index is -0.543. The van der Waals surface area contributed by atoms with Crippen molar-refractivity contribution in [3.63, 3.8) is 0 Å². The molecule has 0 aliphatic rings. The fourth-order valence-electron chi connectivity index (χ4n) is 1.57. The number of aliphatic hydroxyl groups excluding tert-OH is 1. The van der Waals surface area contributed by atoms with E-state index < -0.39 is 6.10 Å². The largest absolute Gasteiger partial charge is 0.497 e. The molecule has 0 aliphatic carbocycles. The first-order valence-electron chi connectivity index (χ1n) is 6.24. The summed E-state index contributed by atoms with van der Waals surface area (Å²) in [5, 5.41) is 10.8. The molecular weight excluding hydrogens is 276 g/mol. The van der Waals surface area contributed by atoms with E-state index in [0.29, 0.717) is 11.5 Å². The first-order chi connectivity index (χ1) is 9.69. The third-order valence-electron chi connectivity index (χ3n) is 2.68. The zero-order valence-electron chi connectivity index (χ0n) is 11.5. The van der Waals surface area contributed by atoms with Gasteiger partial charge in [-0.3, -0.25) is 0 Å². The SMILES string of the molecule is COc1ccc(OCC(O)CSc2nccn2C)cc1. The van der Waals surface area contributed by atoms with E-state index in [2.05, 4.69) is 4.98 Å². The van der Waals surface area contributed by atoms with E-state index in [1.165, 1.54) is 11.8 Å². The Morgan fingerprint density at radius 3 is 2.60 bits per heavy atom. The molecule has 1 heterocycles. The van der Waals surface area contributed by atoms with Crippen LogP contribution in [0.4, 0.5) is 0 Å². The van der Waals surface area contributed by atoms with Crippen LogP contribution in [0.15, 0.2) is 41.8 Å². The van der Waals surface area contributed by atoms with E-state index in [1.54, 1.807) is 13.3 Å². The topological polar surface area (TPSA) is 56.5 Å². The van der Waals surface area contributed by atoms with Gasteiger partial charge in [0.05, 0.1) is 13.2 Å². The Hall–Kier alpha value is -1.66. The van der Waals surface area contributed by atoms with Crippen molar-refractivity contribution in [2.24, 2.45) is 7.05 Å². The minimum absolute atomic E-state index is 0.254. The molecule has 0 spiro atoms. The van der Waals surface area contributed by atoms with Gasteiger partial charge in [0.2, 0.25) is 0 Å². The average molecular weight is 294 g/mol. The number of aryl methyl sites for hydroxylation is 1. The van der Waals surface area contributed by atoms with Crippen LogP contribution < -0.4 is 9.47 Å². The number of thioether (sulfide) groups is 1. The second-order valence-electron chi connectivity index (χ2n) is 4.27. The molecule has 20 heavy (non-hydrogen) atoms. The summed E-state index contributed by atoms with van der Waals surface area (Å²) in [6.07, 6.45) is 3.07. The molecular formula is C14H18N2O3S. The van der Waals surface area contributed by atoms with E-state index in [4.69, 9.17) is 9.47 Å². The molecule has 0 bridgehead atoms. The number of benzene rings is 1. The van der Waals surface area contributed by atoms with Gasteiger partial charge in [0.25, 0.3) is 0 Å². The molecule has 1 aromatic heterocycles. The van der Waals surface area contributed by atoms with Gasteiger partial charge in [-0.05, 0) is 24.3 Å². The van der Waals surface area contributed by atoms with E-state index in [0.717, 1.165) is 10.9 Å². The number of hydrogen-bond acceptors (Lipinski definition) is 5. The van der Waals surface area contributed by atoms with Gasteiger partial charge in [0.15, 0.2) is 5.16 Å². The molecule has 2 aromatic rings. The van der Waals surface area contributed by atoms with Crippen LogP contribution in [0.1, 0.15) is 0 Å². The number of aliphatic hydroxyl groups is 1. The highest BCUT2D eigenvalue weighted by Crippen LogP contribution is 2.18. The molecule has 1 atom stereocenters. The molecule has 108 valence electrons. The molecule has 0 radical (unpaired) electrons. The van der Waals surface area contributed by atoms with Crippen LogP contribution in [0, 0.1) is 0 Å². The Morgan fingerprint density at radius 2 is 2.00 bits per heavy atom. The maximum Gasteiger partial charge on any atom is 0.167 e. The summed E-state index contributed by atoms with van der Waals surface area (Å²) in [6.45, 7) is 0.254. The van der Waals surface area contributed by atoms with Gasteiger partial charge in [-0.1, -0.05) is 11.8 Å². The maximum absolute atomic E-state index is 9.89. The van der Waals surface area contributed by atoms with Gasteiger partial charge in [-0.2, -0.15) is 0 Å². The van der Waals surface area contributed by atoms with Crippen molar-refractivity contribution in [3.8, 4) is 11.5 Å². The number of methoxy groups -OCH3 is 1. The van der Waals surface area contributed by atoms with Gasteiger partial charge >= 0.3 is 0 Å². The molecule has 1 unspecified atom stereocenters. The van der Waals surface area contributed by atoms with Crippen LogP contribution >= 0.6 is 11.8 Å². The van der Waals surface area contributed by atoms with Crippen LogP contribution in [0.25, 0.3) is 0 Å². The summed E-state index contributed by atoms with van der Waals surface area (Å²) in [5.41, 5.74) is 0. The Bertz CT molecular complexity index is 527. The quantitative estimate of drug-likeness (QED) is 0.791. The lowest BCUT2D eigenvalue weighted by atomic mass is 10.3.